The largest absolute Gasteiger partial charge is 0.444 e. The third-order valence-corrected chi connectivity index (χ3v) is 3.13. The summed E-state index contributed by atoms with van der Waals surface area (Å²) < 4.78 is 18.3. The zero-order valence-corrected chi connectivity index (χ0v) is 11.5. The Balaban J connectivity index is 1.84. The molecule has 1 unspecified atom stereocenters. The van der Waals surface area contributed by atoms with Crippen LogP contribution in [0.5, 0.6) is 0 Å². The summed E-state index contributed by atoms with van der Waals surface area (Å²) in [5.41, 5.74) is 2.05. The minimum Gasteiger partial charge on any atom is -0.444 e. The zero-order chi connectivity index (χ0) is 13.8. The highest BCUT2D eigenvalue weighted by Crippen LogP contribution is 2.09. The highest BCUT2D eigenvalue weighted by atomic mass is 19.1. The molecule has 1 heterocycles. The lowest BCUT2D eigenvalue weighted by Gasteiger charge is -2.12. The van der Waals surface area contributed by atoms with Crippen LogP contribution >= 0.6 is 0 Å². The molecule has 0 saturated carbocycles. The van der Waals surface area contributed by atoms with E-state index >= 15 is 0 Å². The van der Waals surface area contributed by atoms with Crippen LogP contribution in [0.25, 0.3) is 0 Å². The Labute approximate surface area is 112 Å². The number of benzene rings is 1. The quantitative estimate of drug-likeness (QED) is 0.899. The summed E-state index contributed by atoms with van der Waals surface area (Å²) in [7, 11) is 0. The van der Waals surface area contributed by atoms with Gasteiger partial charge in [-0.1, -0.05) is 12.1 Å². The van der Waals surface area contributed by atoms with E-state index < -0.39 is 0 Å². The highest BCUT2D eigenvalue weighted by molar-refractivity contribution is 5.17. The van der Waals surface area contributed by atoms with Gasteiger partial charge in [0.25, 0.3) is 0 Å². The van der Waals surface area contributed by atoms with Gasteiger partial charge in [0.05, 0.1) is 12.2 Å². The molecule has 19 heavy (non-hydrogen) atoms. The SMILES string of the molecule is Cc1nc(CNC(C)Cc2ccc(F)cc2)oc1C. The lowest BCUT2D eigenvalue weighted by atomic mass is 10.1. The van der Waals surface area contributed by atoms with E-state index in [-0.39, 0.29) is 11.9 Å². The molecule has 0 spiro atoms. The van der Waals surface area contributed by atoms with Gasteiger partial charge in [-0.05, 0) is 44.9 Å². The average molecular weight is 262 g/mol. The van der Waals surface area contributed by atoms with E-state index in [1.54, 1.807) is 0 Å². The number of halogens is 1. The van der Waals surface area contributed by atoms with Crippen LogP contribution in [-0.2, 0) is 13.0 Å². The molecular weight excluding hydrogens is 243 g/mol. The van der Waals surface area contributed by atoms with Crippen molar-refractivity contribution in [3.8, 4) is 0 Å². The molecule has 0 aliphatic rings. The van der Waals surface area contributed by atoms with E-state index in [1.165, 1.54) is 12.1 Å². The van der Waals surface area contributed by atoms with Gasteiger partial charge in [0.15, 0.2) is 0 Å². The van der Waals surface area contributed by atoms with Crippen LogP contribution in [0.15, 0.2) is 28.7 Å². The highest BCUT2D eigenvalue weighted by Gasteiger charge is 2.08. The van der Waals surface area contributed by atoms with Crippen LogP contribution in [0.4, 0.5) is 4.39 Å². The predicted molar refractivity (Wildman–Crippen MR) is 72.4 cm³/mol. The third kappa shape index (κ3) is 3.89. The molecule has 1 N–H and O–H groups in total. The Morgan fingerprint density at radius 2 is 1.95 bits per heavy atom. The monoisotopic (exact) mass is 262 g/mol. The number of nitrogens with zero attached hydrogens (tertiary/aromatic N) is 1. The second kappa shape index (κ2) is 5.97. The van der Waals surface area contributed by atoms with Crippen molar-refractivity contribution in [3.63, 3.8) is 0 Å². The van der Waals surface area contributed by atoms with Gasteiger partial charge in [-0.3, -0.25) is 0 Å². The van der Waals surface area contributed by atoms with Crippen molar-refractivity contribution in [2.75, 3.05) is 0 Å². The van der Waals surface area contributed by atoms with E-state index in [4.69, 9.17) is 4.42 Å². The maximum Gasteiger partial charge on any atom is 0.208 e. The van der Waals surface area contributed by atoms with Gasteiger partial charge < -0.3 is 9.73 Å². The first kappa shape index (κ1) is 13.7. The van der Waals surface area contributed by atoms with Crippen LogP contribution in [0, 0.1) is 19.7 Å². The van der Waals surface area contributed by atoms with E-state index in [0.717, 1.165) is 23.4 Å². The number of aryl methyl sites for hydroxylation is 2. The maximum absolute atomic E-state index is 12.8. The molecule has 1 aromatic heterocycles. The molecule has 1 atom stereocenters. The minimum atomic E-state index is -0.199. The average Bonchev–Trinajstić information content (AvgIpc) is 2.69. The van der Waals surface area contributed by atoms with Crippen LogP contribution in [0.1, 0.15) is 29.8 Å². The first-order valence-electron chi connectivity index (χ1n) is 6.45. The fourth-order valence-corrected chi connectivity index (χ4v) is 1.92. The van der Waals surface area contributed by atoms with Crippen LogP contribution in [-0.4, -0.2) is 11.0 Å². The standard InChI is InChI=1S/C15H19FN2O/c1-10(8-13-4-6-14(16)7-5-13)17-9-15-18-11(2)12(3)19-15/h4-7,10,17H,8-9H2,1-3H3. The zero-order valence-electron chi connectivity index (χ0n) is 11.5. The van der Waals surface area contributed by atoms with Crippen molar-refractivity contribution < 1.29 is 8.81 Å². The maximum atomic E-state index is 12.8. The number of hydrogen-bond acceptors (Lipinski definition) is 3. The van der Waals surface area contributed by atoms with Gasteiger partial charge in [0.1, 0.15) is 11.6 Å². The van der Waals surface area contributed by atoms with Crippen molar-refractivity contribution in [2.45, 2.75) is 39.8 Å². The molecule has 2 rings (SSSR count). The molecule has 0 aliphatic heterocycles. The Morgan fingerprint density at radius 3 is 2.53 bits per heavy atom. The molecule has 4 heteroatoms. The minimum absolute atomic E-state index is 0.199. The van der Waals surface area contributed by atoms with Gasteiger partial charge in [-0.15, -0.1) is 0 Å². The molecule has 0 bridgehead atoms. The number of nitrogens with one attached hydrogen (secondary N) is 1. The van der Waals surface area contributed by atoms with E-state index in [1.807, 2.05) is 26.0 Å². The van der Waals surface area contributed by atoms with Crippen LogP contribution in [0.3, 0.4) is 0 Å². The van der Waals surface area contributed by atoms with Crippen LogP contribution in [0.2, 0.25) is 0 Å². The van der Waals surface area contributed by atoms with Gasteiger partial charge in [-0.25, -0.2) is 9.37 Å². The molecule has 0 saturated heterocycles. The van der Waals surface area contributed by atoms with E-state index in [0.29, 0.717) is 12.4 Å². The molecule has 2 aromatic rings. The number of hydrogen-bond donors (Lipinski definition) is 1. The lowest BCUT2D eigenvalue weighted by molar-refractivity contribution is 0.427. The Morgan fingerprint density at radius 1 is 1.26 bits per heavy atom. The molecule has 3 nitrogen and oxygen atoms in total. The first-order valence-corrected chi connectivity index (χ1v) is 6.45. The molecule has 0 fully saturated rings. The lowest BCUT2D eigenvalue weighted by Crippen LogP contribution is -2.27. The van der Waals surface area contributed by atoms with Gasteiger partial charge in [0.2, 0.25) is 5.89 Å². The summed E-state index contributed by atoms with van der Waals surface area (Å²) in [6, 6.07) is 6.88. The van der Waals surface area contributed by atoms with Crippen LogP contribution < -0.4 is 5.32 Å². The fraction of sp³-hybridized carbons (Fsp3) is 0.400. The number of oxazole rings is 1. The first-order chi connectivity index (χ1) is 9.04. The molecule has 1 aromatic carbocycles. The molecular formula is C15H19FN2O. The van der Waals surface area contributed by atoms with Gasteiger partial charge in [-0.2, -0.15) is 0 Å². The summed E-state index contributed by atoms with van der Waals surface area (Å²) in [6.45, 7) is 6.54. The second-order valence-corrected chi connectivity index (χ2v) is 4.86. The van der Waals surface area contributed by atoms with Crippen molar-refractivity contribution in [1.82, 2.24) is 10.3 Å². The summed E-state index contributed by atoms with van der Waals surface area (Å²) in [6.07, 6.45) is 0.846. The summed E-state index contributed by atoms with van der Waals surface area (Å²) >= 11 is 0. The van der Waals surface area contributed by atoms with Crippen molar-refractivity contribution in [2.24, 2.45) is 0 Å². The van der Waals surface area contributed by atoms with Crippen molar-refractivity contribution in [3.05, 3.63) is 53.0 Å². The molecule has 0 radical (unpaired) electrons. The van der Waals surface area contributed by atoms with Crippen molar-refractivity contribution >= 4 is 0 Å². The van der Waals surface area contributed by atoms with Crippen molar-refractivity contribution in [1.29, 1.82) is 0 Å². The topological polar surface area (TPSA) is 38.1 Å². The molecule has 0 aliphatic carbocycles. The summed E-state index contributed by atoms with van der Waals surface area (Å²) in [4.78, 5) is 4.32. The van der Waals surface area contributed by atoms with E-state index in [2.05, 4.69) is 17.2 Å². The number of aromatic nitrogens is 1. The Hall–Kier alpha value is -1.68. The molecule has 102 valence electrons. The smallest absolute Gasteiger partial charge is 0.208 e. The normalized spacial score (nSPS) is 12.6. The van der Waals surface area contributed by atoms with Gasteiger partial charge >= 0.3 is 0 Å². The fourth-order valence-electron chi connectivity index (χ4n) is 1.92. The van der Waals surface area contributed by atoms with Gasteiger partial charge in [0, 0.05) is 6.04 Å². The number of rotatable bonds is 5. The Kier molecular flexibility index (Phi) is 4.32. The second-order valence-electron chi connectivity index (χ2n) is 4.86. The van der Waals surface area contributed by atoms with E-state index in [9.17, 15) is 4.39 Å². The Bertz CT molecular complexity index is 514. The molecule has 0 amide bonds. The summed E-state index contributed by atoms with van der Waals surface area (Å²) in [5, 5.41) is 3.35. The predicted octanol–water partition coefficient (Wildman–Crippen LogP) is 3.15. The summed E-state index contributed by atoms with van der Waals surface area (Å²) in [5.74, 6) is 1.37. The third-order valence-electron chi connectivity index (χ3n) is 3.13.